The van der Waals surface area contributed by atoms with Crippen molar-refractivity contribution in [1.82, 2.24) is 19.9 Å². The quantitative estimate of drug-likeness (QED) is 0.917. The summed E-state index contributed by atoms with van der Waals surface area (Å²) in [4.78, 5) is 22.0. The van der Waals surface area contributed by atoms with Crippen LogP contribution in [0.5, 0.6) is 0 Å². The number of carbonyl (C=O) groups is 1. The number of carbonyl (C=O) groups excluding carboxylic acids is 1. The summed E-state index contributed by atoms with van der Waals surface area (Å²) in [5, 5.41) is 3.24. The van der Waals surface area contributed by atoms with E-state index in [4.69, 9.17) is 11.6 Å². The Hall–Kier alpha value is -2.15. The van der Waals surface area contributed by atoms with Crippen LogP contribution < -0.4 is 10.2 Å². The maximum absolute atomic E-state index is 13.9. The molecule has 8 heteroatoms. The molecule has 1 fully saturated rings. The van der Waals surface area contributed by atoms with Gasteiger partial charge in [0.15, 0.2) is 11.6 Å². The molecule has 128 valence electrons. The lowest BCUT2D eigenvalue weighted by molar-refractivity contribution is 0.0936. The normalized spacial score (nSPS) is 15.5. The van der Waals surface area contributed by atoms with Gasteiger partial charge in [-0.05, 0) is 24.8 Å². The van der Waals surface area contributed by atoms with Gasteiger partial charge in [0.05, 0.1) is 17.5 Å². The predicted molar refractivity (Wildman–Crippen MR) is 89.7 cm³/mol. The van der Waals surface area contributed by atoms with E-state index in [1.807, 2.05) is 4.90 Å². The topological polar surface area (TPSA) is 63.1 Å². The number of nitrogens with one attached hydrogen (secondary N) is 1. The van der Waals surface area contributed by atoms with Crippen molar-refractivity contribution in [3.05, 3.63) is 41.3 Å². The lowest BCUT2D eigenvalue weighted by Gasteiger charge is -2.33. The third kappa shape index (κ3) is 3.67. The number of pyridine rings is 1. The van der Waals surface area contributed by atoms with Crippen molar-refractivity contribution in [1.29, 1.82) is 0 Å². The smallest absolute Gasteiger partial charge is 0.269 e. The van der Waals surface area contributed by atoms with E-state index >= 15 is 0 Å². The number of nitrogens with zero attached hydrogens (tertiary/aromatic N) is 4. The Balaban J connectivity index is 1.50. The Labute approximate surface area is 144 Å². The first-order chi connectivity index (χ1) is 11.5. The second-order valence-electron chi connectivity index (χ2n) is 5.99. The van der Waals surface area contributed by atoms with Gasteiger partial charge in [0, 0.05) is 32.9 Å². The monoisotopic (exact) mass is 351 g/mol. The molecule has 3 rings (SSSR count). The van der Waals surface area contributed by atoms with E-state index in [0.29, 0.717) is 42.1 Å². The fourth-order valence-electron chi connectivity index (χ4n) is 2.89. The standard InChI is InChI=1S/C16H19ClFN5O/c1-22-10-19-9-14(22)16(24)21-7-11-2-4-23(5-3-11)15-13(18)6-12(17)8-20-15/h6,8-11H,2-5,7H2,1H3,(H,21,24). The number of hydrogen-bond donors (Lipinski definition) is 1. The minimum absolute atomic E-state index is 0.122. The molecule has 0 atom stereocenters. The van der Waals surface area contributed by atoms with Gasteiger partial charge in [-0.2, -0.15) is 0 Å². The molecule has 0 radical (unpaired) electrons. The zero-order valence-corrected chi connectivity index (χ0v) is 14.1. The molecule has 2 aromatic rings. The Kier molecular flexibility index (Phi) is 4.99. The van der Waals surface area contributed by atoms with E-state index in [0.717, 1.165) is 12.8 Å². The summed E-state index contributed by atoms with van der Waals surface area (Å²) < 4.78 is 15.6. The fraction of sp³-hybridized carbons (Fsp3) is 0.438. The summed E-state index contributed by atoms with van der Waals surface area (Å²) in [6.07, 6.45) is 6.35. The number of aromatic nitrogens is 3. The van der Waals surface area contributed by atoms with Crippen molar-refractivity contribution < 1.29 is 9.18 Å². The molecule has 0 bridgehead atoms. The van der Waals surface area contributed by atoms with Crippen LogP contribution in [0.4, 0.5) is 10.2 Å². The van der Waals surface area contributed by atoms with Gasteiger partial charge in [-0.25, -0.2) is 14.4 Å². The molecular weight excluding hydrogens is 333 g/mol. The van der Waals surface area contributed by atoms with Crippen LogP contribution >= 0.6 is 11.6 Å². The number of anilines is 1. The van der Waals surface area contributed by atoms with E-state index < -0.39 is 5.82 Å². The van der Waals surface area contributed by atoms with Crippen molar-refractivity contribution in [2.75, 3.05) is 24.5 Å². The lowest BCUT2D eigenvalue weighted by Crippen LogP contribution is -2.39. The highest BCUT2D eigenvalue weighted by Crippen LogP contribution is 2.25. The first kappa shape index (κ1) is 16.7. The molecule has 0 aromatic carbocycles. The van der Waals surface area contributed by atoms with E-state index in [9.17, 15) is 9.18 Å². The molecule has 1 N–H and O–H groups in total. The second kappa shape index (κ2) is 7.17. The molecule has 6 nitrogen and oxygen atoms in total. The number of halogens is 2. The Bertz CT molecular complexity index is 727. The third-order valence-corrected chi connectivity index (χ3v) is 4.51. The van der Waals surface area contributed by atoms with Crippen molar-refractivity contribution in [3.8, 4) is 0 Å². The largest absolute Gasteiger partial charge is 0.354 e. The highest BCUT2D eigenvalue weighted by Gasteiger charge is 2.23. The molecule has 0 unspecified atom stereocenters. The zero-order valence-electron chi connectivity index (χ0n) is 13.4. The number of piperidine rings is 1. The van der Waals surface area contributed by atoms with Gasteiger partial charge in [0.25, 0.3) is 5.91 Å². The van der Waals surface area contributed by atoms with E-state index in [-0.39, 0.29) is 5.91 Å². The summed E-state index contributed by atoms with van der Waals surface area (Å²) >= 11 is 5.74. The van der Waals surface area contributed by atoms with Crippen molar-refractivity contribution in [2.24, 2.45) is 13.0 Å². The van der Waals surface area contributed by atoms with Gasteiger partial charge < -0.3 is 14.8 Å². The van der Waals surface area contributed by atoms with Crippen LogP contribution in [-0.2, 0) is 7.05 Å². The Morgan fingerprint density at radius 1 is 1.42 bits per heavy atom. The van der Waals surface area contributed by atoms with Gasteiger partial charge in [-0.3, -0.25) is 4.79 Å². The van der Waals surface area contributed by atoms with E-state index in [1.165, 1.54) is 12.3 Å². The maximum Gasteiger partial charge on any atom is 0.269 e. The van der Waals surface area contributed by atoms with Gasteiger partial charge in [-0.15, -0.1) is 0 Å². The Morgan fingerprint density at radius 2 is 2.17 bits per heavy atom. The van der Waals surface area contributed by atoms with Crippen LogP contribution in [0.2, 0.25) is 5.02 Å². The number of hydrogen-bond acceptors (Lipinski definition) is 4. The predicted octanol–water partition coefficient (Wildman–Crippen LogP) is 2.25. The molecular formula is C16H19ClFN5O. The van der Waals surface area contributed by atoms with Crippen LogP contribution in [0.3, 0.4) is 0 Å². The van der Waals surface area contributed by atoms with Crippen LogP contribution in [0, 0.1) is 11.7 Å². The average Bonchev–Trinajstić information content (AvgIpc) is 2.99. The molecule has 0 aliphatic carbocycles. The number of rotatable bonds is 4. The van der Waals surface area contributed by atoms with Gasteiger partial charge in [0.1, 0.15) is 5.69 Å². The van der Waals surface area contributed by atoms with Gasteiger partial charge in [-0.1, -0.05) is 11.6 Å². The molecule has 0 saturated carbocycles. The molecule has 3 heterocycles. The molecule has 2 aromatic heterocycles. The molecule has 1 amide bonds. The molecule has 1 aliphatic rings. The second-order valence-corrected chi connectivity index (χ2v) is 6.43. The maximum atomic E-state index is 13.9. The van der Waals surface area contributed by atoms with Gasteiger partial charge >= 0.3 is 0 Å². The molecule has 24 heavy (non-hydrogen) atoms. The molecule has 1 aliphatic heterocycles. The third-order valence-electron chi connectivity index (χ3n) is 4.30. The van der Waals surface area contributed by atoms with Crippen molar-refractivity contribution in [3.63, 3.8) is 0 Å². The first-order valence-corrected chi connectivity index (χ1v) is 8.23. The highest BCUT2D eigenvalue weighted by atomic mass is 35.5. The zero-order chi connectivity index (χ0) is 17.1. The molecule has 1 saturated heterocycles. The number of amides is 1. The first-order valence-electron chi connectivity index (χ1n) is 7.85. The summed E-state index contributed by atoms with van der Waals surface area (Å²) in [7, 11) is 1.79. The fourth-order valence-corrected chi connectivity index (χ4v) is 3.04. The Morgan fingerprint density at radius 3 is 2.79 bits per heavy atom. The SMILES string of the molecule is Cn1cncc1C(=O)NCC1CCN(c2ncc(Cl)cc2F)CC1. The van der Waals surface area contributed by atoms with E-state index in [2.05, 4.69) is 15.3 Å². The van der Waals surface area contributed by atoms with Gasteiger partial charge in [0.2, 0.25) is 0 Å². The summed E-state index contributed by atoms with van der Waals surface area (Å²) in [6, 6.07) is 1.28. The van der Waals surface area contributed by atoms with Crippen LogP contribution in [-0.4, -0.2) is 40.1 Å². The minimum Gasteiger partial charge on any atom is -0.354 e. The highest BCUT2D eigenvalue weighted by molar-refractivity contribution is 6.30. The number of imidazole rings is 1. The van der Waals surface area contributed by atoms with Crippen LogP contribution in [0.15, 0.2) is 24.8 Å². The van der Waals surface area contributed by atoms with Crippen molar-refractivity contribution in [2.45, 2.75) is 12.8 Å². The van der Waals surface area contributed by atoms with Crippen LogP contribution in [0.1, 0.15) is 23.3 Å². The summed E-state index contributed by atoms with van der Waals surface area (Å²) in [5.74, 6) is 0.193. The lowest BCUT2D eigenvalue weighted by atomic mass is 9.96. The summed E-state index contributed by atoms with van der Waals surface area (Å²) in [5.41, 5.74) is 0.542. The minimum atomic E-state index is -0.398. The average molecular weight is 352 g/mol. The number of aryl methyl sites for hydroxylation is 1. The molecule has 0 spiro atoms. The van der Waals surface area contributed by atoms with E-state index in [1.54, 1.807) is 24.1 Å². The van der Waals surface area contributed by atoms with Crippen LogP contribution in [0.25, 0.3) is 0 Å². The summed E-state index contributed by atoms with van der Waals surface area (Å²) in [6.45, 7) is 2.02. The van der Waals surface area contributed by atoms with Crippen molar-refractivity contribution >= 4 is 23.3 Å².